The summed E-state index contributed by atoms with van der Waals surface area (Å²) in [6.45, 7) is 3.73. The summed E-state index contributed by atoms with van der Waals surface area (Å²) >= 11 is 0. The molecule has 0 N–H and O–H groups in total. The molecule has 0 aliphatic carbocycles. The Kier molecular flexibility index (Phi) is 4.67. The summed E-state index contributed by atoms with van der Waals surface area (Å²) in [7, 11) is -3.83. The summed E-state index contributed by atoms with van der Waals surface area (Å²) < 4.78 is 28.5. The molecule has 0 aliphatic rings. The van der Waals surface area contributed by atoms with Crippen LogP contribution in [-0.4, -0.2) is 14.5 Å². The normalized spacial score (nSPS) is 13.0. The van der Waals surface area contributed by atoms with Crippen molar-refractivity contribution >= 4 is 10.1 Å². The predicted molar refractivity (Wildman–Crippen MR) is 63.8 cm³/mol. The zero-order valence-corrected chi connectivity index (χ0v) is 10.7. The smallest absolute Gasteiger partial charge is 0.248 e. The van der Waals surface area contributed by atoms with E-state index in [1.165, 1.54) is 12.1 Å². The van der Waals surface area contributed by atoms with E-state index in [1.807, 2.05) is 19.9 Å². The standard InChI is InChI=1S/C12H15NO3S/c1-3-4-11(9-13)16-17(14,15)12-7-5-10(2)6-8-12/h5-8,11H,3-4H2,1-2H3/t11-/m1/s1. The van der Waals surface area contributed by atoms with Gasteiger partial charge in [0.25, 0.3) is 10.1 Å². The number of rotatable bonds is 5. The molecule has 0 amide bonds. The first-order valence-corrected chi connectivity index (χ1v) is 6.80. The molecule has 4 nitrogen and oxygen atoms in total. The van der Waals surface area contributed by atoms with Crippen LogP contribution in [0.2, 0.25) is 0 Å². The highest BCUT2D eigenvalue weighted by molar-refractivity contribution is 7.86. The van der Waals surface area contributed by atoms with Crippen molar-refractivity contribution in [2.45, 2.75) is 37.7 Å². The number of benzene rings is 1. The lowest BCUT2D eigenvalue weighted by molar-refractivity contribution is 0.250. The first kappa shape index (κ1) is 13.7. The van der Waals surface area contributed by atoms with Crippen LogP contribution in [0.25, 0.3) is 0 Å². The summed E-state index contributed by atoms with van der Waals surface area (Å²) in [6, 6.07) is 8.18. The van der Waals surface area contributed by atoms with Crippen molar-refractivity contribution in [3.63, 3.8) is 0 Å². The lowest BCUT2D eigenvalue weighted by Crippen LogP contribution is -2.16. The van der Waals surface area contributed by atoms with Gasteiger partial charge in [-0.15, -0.1) is 0 Å². The lowest BCUT2D eigenvalue weighted by atomic mass is 10.2. The van der Waals surface area contributed by atoms with Crippen molar-refractivity contribution in [3.05, 3.63) is 29.8 Å². The highest BCUT2D eigenvalue weighted by atomic mass is 32.2. The molecule has 0 saturated heterocycles. The molecule has 17 heavy (non-hydrogen) atoms. The van der Waals surface area contributed by atoms with Crippen LogP contribution in [0.5, 0.6) is 0 Å². The van der Waals surface area contributed by atoms with Crippen LogP contribution >= 0.6 is 0 Å². The number of nitrogens with zero attached hydrogens (tertiary/aromatic N) is 1. The van der Waals surface area contributed by atoms with Gasteiger partial charge in [0.15, 0.2) is 6.10 Å². The van der Waals surface area contributed by atoms with Gasteiger partial charge in [-0.3, -0.25) is 0 Å². The number of hydrogen-bond acceptors (Lipinski definition) is 4. The topological polar surface area (TPSA) is 67.2 Å². The lowest BCUT2D eigenvalue weighted by Gasteiger charge is -2.09. The van der Waals surface area contributed by atoms with E-state index >= 15 is 0 Å². The van der Waals surface area contributed by atoms with Gasteiger partial charge in [0.1, 0.15) is 0 Å². The van der Waals surface area contributed by atoms with Crippen molar-refractivity contribution in [3.8, 4) is 6.07 Å². The maximum absolute atomic E-state index is 11.8. The van der Waals surface area contributed by atoms with E-state index in [2.05, 4.69) is 0 Å². The van der Waals surface area contributed by atoms with E-state index in [0.717, 1.165) is 5.56 Å². The monoisotopic (exact) mass is 253 g/mol. The van der Waals surface area contributed by atoms with Crippen molar-refractivity contribution < 1.29 is 12.6 Å². The Bertz CT molecular complexity index is 500. The first-order valence-electron chi connectivity index (χ1n) is 5.39. The highest BCUT2D eigenvalue weighted by Crippen LogP contribution is 2.16. The van der Waals surface area contributed by atoms with Crippen molar-refractivity contribution in [1.29, 1.82) is 5.26 Å². The number of nitriles is 1. The van der Waals surface area contributed by atoms with Crippen molar-refractivity contribution in [1.82, 2.24) is 0 Å². The van der Waals surface area contributed by atoms with Crippen LogP contribution in [0.15, 0.2) is 29.2 Å². The van der Waals surface area contributed by atoms with Gasteiger partial charge in [0.05, 0.1) is 11.0 Å². The Morgan fingerprint density at radius 1 is 1.35 bits per heavy atom. The quantitative estimate of drug-likeness (QED) is 0.756. The molecule has 0 spiro atoms. The Morgan fingerprint density at radius 3 is 2.41 bits per heavy atom. The molecule has 5 heteroatoms. The van der Waals surface area contributed by atoms with E-state index in [-0.39, 0.29) is 4.90 Å². The van der Waals surface area contributed by atoms with E-state index < -0.39 is 16.2 Å². The SMILES string of the molecule is CCC[C@H](C#N)OS(=O)(=O)c1ccc(C)cc1. The van der Waals surface area contributed by atoms with Crippen LogP contribution in [0.3, 0.4) is 0 Å². The molecular formula is C12H15NO3S. The molecule has 0 heterocycles. The second kappa shape index (κ2) is 5.80. The second-order valence-corrected chi connectivity index (χ2v) is 5.34. The van der Waals surface area contributed by atoms with Gasteiger partial charge in [-0.25, -0.2) is 4.18 Å². The molecule has 0 bridgehead atoms. The average molecular weight is 253 g/mol. The summed E-state index contributed by atoms with van der Waals surface area (Å²) in [5.74, 6) is 0. The Balaban J connectivity index is 2.89. The molecule has 0 saturated carbocycles. The molecule has 1 aromatic carbocycles. The van der Waals surface area contributed by atoms with Crippen molar-refractivity contribution in [2.75, 3.05) is 0 Å². The van der Waals surface area contributed by atoms with Gasteiger partial charge < -0.3 is 0 Å². The fourth-order valence-electron chi connectivity index (χ4n) is 1.31. The molecule has 92 valence electrons. The van der Waals surface area contributed by atoms with Gasteiger partial charge >= 0.3 is 0 Å². The van der Waals surface area contributed by atoms with Gasteiger partial charge in [-0.2, -0.15) is 13.7 Å². The molecule has 1 rings (SSSR count). The Labute approximate surface area is 102 Å². The maximum Gasteiger partial charge on any atom is 0.298 e. The fraction of sp³-hybridized carbons (Fsp3) is 0.417. The maximum atomic E-state index is 11.8. The fourth-order valence-corrected chi connectivity index (χ4v) is 2.34. The van der Waals surface area contributed by atoms with Gasteiger partial charge in [-0.1, -0.05) is 31.0 Å². The second-order valence-electron chi connectivity index (χ2n) is 3.77. The predicted octanol–water partition coefficient (Wildman–Crippen LogP) is 2.39. The third-order valence-electron chi connectivity index (χ3n) is 2.25. The zero-order chi connectivity index (χ0) is 12.9. The van der Waals surface area contributed by atoms with Gasteiger partial charge in [-0.05, 0) is 25.5 Å². The minimum atomic E-state index is -3.83. The highest BCUT2D eigenvalue weighted by Gasteiger charge is 2.20. The molecule has 0 unspecified atom stereocenters. The van der Waals surface area contributed by atoms with E-state index in [1.54, 1.807) is 12.1 Å². The summed E-state index contributed by atoms with van der Waals surface area (Å²) in [5, 5.41) is 8.77. The van der Waals surface area contributed by atoms with E-state index in [9.17, 15) is 8.42 Å². The van der Waals surface area contributed by atoms with Crippen LogP contribution in [0.1, 0.15) is 25.3 Å². The molecule has 0 fully saturated rings. The van der Waals surface area contributed by atoms with Crippen LogP contribution in [0.4, 0.5) is 0 Å². The largest absolute Gasteiger partial charge is 0.298 e. The van der Waals surface area contributed by atoms with Gasteiger partial charge in [0.2, 0.25) is 0 Å². The third kappa shape index (κ3) is 3.84. The number of hydrogen-bond donors (Lipinski definition) is 0. The summed E-state index contributed by atoms with van der Waals surface area (Å²) in [4.78, 5) is 0.0828. The molecule has 1 aromatic rings. The van der Waals surface area contributed by atoms with E-state index in [4.69, 9.17) is 9.44 Å². The molecular weight excluding hydrogens is 238 g/mol. The average Bonchev–Trinajstić information content (AvgIpc) is 2.28. The van der Waals surface area contributed by atoms with Crippen LogP contribution in [-0.2, 0) is 14.3 Å². The third-order valence-corrected chi connectivity index (χ3v) is 3.58. The zero-order valence-electron chi connectivity index (χ0n) is 9.88. The first-order chi connectivity index (χ1) is 7.99. The molecule has 0 aliphatic heterocycles. The molecule has 0 radical (unpaired) electrons. The minimum Gasteiger partial charge on any atom is -0.248 e. The Hall–Kier alpha value is -1.38. The van der Waals surface area contributed by atoms with Crippen molar-refractivity contribution in [2.24, 2.45) is 0 Å². The van der Waals surface area contributed by atoms with Crippen LogP contribution in [0, 0.1) is 18.3 Å². The number of aryl methyl sites for hydroxylation is 1. The minimum absolute atomic E-state index is 0.0828. The molecule has 0 aromatic heterocycles. The summed E-state index contributed by atoms with van der Waals surface area (Å²) in [6.07, 6.45) is 0.190. The van der Waals surface area contributed by atoms with Crippen LogP contribution < -0.4 is 0 Å². The Morgan fingerprint density at radius 2 is 1.94 bits per heavy atom. The van der Waals surface area contributed by atoms with E-state index in [0.29, 0.717) is 12.8 Å². The summed E-state index contributed by atoms with van der Waals surface area (Å²) in [5.41, 5.74) is 0.967. The molecule has 1 atom stereocenters. The van der Waals surface area contributed by atoms with Gasteiger partial charge in [0, 0.05) is 0 Å².